The number of nitrogens with zero attached hydrogens (tertiary/aromatic N) is 2. The van der Waals surface area contributed by atoms with Crippen LogP contribution in [-0.2, 0) is 4.79 Å². The van der Waals surface area contributed by atoms with Crippen molar-refractivity contribution in [3.8, 4) is 11.3 Å². The summed E-state index contributed by atoms with van der Waals surface area (Å²) in [6, 6.07) is 15.6. The van der Waals surface area contributed by atoms with E-state index in [0.717, 1.165) is 27.8 Å². The van der Waals surface area contributed by atoms with Crippen molar-refractivity contribution < 1.29 is 9.18 Å². The fraction of sp³-hybridized carbons (Fsp3) is 0.0952. The molecule has 4 rings (SSSR count). The molecule has 28 heavy (non-hydrogen) atoms. The molecule has 7 heteroatoms. The molecule has 0 fully saturated rings. The minimum absolute atomic E-state index is 0.124. The Hall–Kier alpha value is -3.19. The van der Waals surface area contributed by atoms with Crippen molar-refractivity contribution in [3.63, 3.8) is 0 Å². The van der Waals surface area contributed by atoms with E-state index >= 15 is 0 Å². The van der Waals surface area contributed by atoms with Gasteiger partial charge in [0.2, 0.25) is 5.91 Å². The number of carbonyl (C=O) groups is 1. The largest absolute Gasteiger partial charge is 0.333 e. The molecule has 0 radical (unpaired) electrons. The SMILES string of the molecule is CC(Sc1ncc(-c2ccc(F)cc2)[nH]1)C(=O)Nc1cccc2ncccc12. The molecule has 2 N–H and O–H groups in total. The summed E-state index contributed by atoms with van der Waals surface area (Å²) in [5, 5.41) is 4.13. The second kappa shape index (κ2) is 7.82. The standard InChI is InChI=1S/C21H17FN4OS/c1-13(20(27)25-18-6-2-5-17-16(18)4-3-11-23-17)28-21-24-12-19(26-21)14-7-9-15(22)10-8-14/h2-13H,1H3,(H,24,26)(H,25,27). The summed E-state index contributed by atoms with van der Waals surface area (Å²) in [6.07, 6.45) is 3.40. The second-order valence-corrected chi connectivity index (χ2v) is 7.56. The van der Waals surface area contributed by atoms with E-state index in [1.165, 1.54) is 23.9 Å². The molecule has 2 heterocycles. The molecule has 140 valence electrons. The predicted molar refractivity (Wildman–Crippen MR) is 110 cm³/mol. The first-order valence-corrected chi connectivity index (χ1v) is 9.60. The van der Waals surface area contributed by atoms with Crippen LogP contribution >= 0.6 is 11.8 Å². The average molecular weight is 392 g/mol. The van der Waals surface area contributed by atoms with E-state index < -0.39 is 0 Å². The molecule has 0 saturated carbocycles. The van der Waals surface area contributed by atoms with Crippen LogP contribution < -0.4 is 5.32 Å². The van der Waals surface area contributed by atoms with Crippen LogP contribution in [0.2, 0.25) is 0 Å². The lowest BCUT2D eigenvalue weighted by Gasteiger charge is -2.12. The van der Waals surface area contributed by atoms with E-state index in [1.807, 2.05) is 37.3 Å². The summed E-state index contributed by atoms with van der Waals surface area (Å²) in [6.45, 7) is 1.82. The van der Waals surface area contributed by atoms with Crippen molar-refractivity contribution in [2.75, 3.05) is 5.32 Å². The van der Waals surface area contributed by atoms with Crippen molar-refractivity contribution in [2.24, 2.45) is 0 Å². The van der Waals surface area contributed by atoms with Crippen LogP contribution in [0.4, 0.5) is 10.1 Å². The number of anilines is 1. The fourth-order valence-electron chi connectivity index (χ4n) is 2.81. The van der Waals surface area contributed by atoms with E-state index in [1.54, 1.807) is 24.5 Å². The number of halogens is 1. The van der Waals surface area contributed by atoms with Crippen LogP contribution in [0.1, 0.15) is 6.92 Å². The number of hydrogen-bond acceptors (Lipinski definition) is 4. The van der Waals surface area contributed by atoms with Gasteiger partial charge < -0.3 is 10.3 Å². The number of pyridine rings is 1. The maximum absolute atomic E-state index is 13.1. The molecule has 0 aliphatic carbocycles. The Balaban J connectivity index is 1.45. The summed E-state index contributed by atoms with van der Waals surface area (Å²) < 4.78 is 13.1. The van der Waals surface area contributed by atoms with Crippen LogP contribution in [0, 0.1) is 5.82 Å². The third kappa shape index (κ3) is 3.89. The minimum Gasteiger partial charge on any atom is -0.333 e. The van der Waals surface area contributed by atoms with Gasteiger partial charge in [-0.25, -0.2) is 9.37 Å². The molecule has 2 aromatic heterocycles. The normalized spacial score (nSPS) is 12.1. The van der Waals surface area contributed by atoms with Crippen molar-refractivity contribution in [1.82, 2.24) is 15.0 Å². The first-order valence-electron chi connectivity index (χ1n) is 8.72. The summed E-state index contributed by atoms with van der Waals surface area (Å²) in [5.41, 5.74) is 3.17. The van der Waals surface area contributed by atoms with Crippen LogP contribution in [-0.4, -0.2) is 26.1 Å². The number of carbonyl (C=O) groups excluding carboxylic acids is 1. The number of imidazole rings is 1. The Morgan fingerprint density at radius 3 is 2.75 bits per heavy atom. The number of H-pyrrole nitrogens is 1. The molecule has 2 aromatic carbocycles. The van der Waals surface area contributed by atoms with Crippen molar-refractivity contribution in [2.45, 2.75) is 17.3 Å². The number of nitrogens with one attached hydrogen (secondary N) is 2. The Labute approximate surface area is 165 Å². The van der Waals surface area contributed by atoms with Gasteiger partial charge in [-0.05, 0) is 61.0 Å². The van der Waals surface area contributed by atoms with E-state index in [2.05, 4.69) is 20.3 Å². The van der Waals surface area contributed by atoms with E-state index in [0.29, 0.717) is 5.16 Å². The third-order valence-corrected chi connectivity index (χ3v) is 5.27. The van der Waals surface area contributed by atoms with Gasteiger partial charge in [-0.15, -0.1) is 0 Å². The third-order valence-electron chi connectivity index (χ3n) is 4.27. The molecule has 1 atom stereocenters. The monoisotopic (exact) mass is 392 g/mol. The molecular formula is C21H17FN4OS. The molecule has 4 aromatic rings. The van der Waals surface area contributed by atoms with Crippen molar-refractivity contribution in [3.05, 3.63) is 72.8 Å². The molecule has 0 aliphatic heterocycles. The van der Waals surface area contributed by atoms with Crippen LogP contribution in [0.15, 0.2) is 72.1 Å². The summed E-state index contributed by atoms with van der Waals surface area (Å²) >= 11 is 1.33. The van der Waals surface area contributed by atoms with E-state index in [4.69, 9.17) is 0 Å². The number of fused-ring (bicyclic) bond motifs is 1. The van der Waals surface area contributed by atoms with Gasteiger partial charge in [-0.2, -0.15) is 0 Å². The molecule has 5 nitrogen and oxygen atoms in total. The lowest BCUT2D eigenvalue weighted by atomic mass is 10.2. The average Bonchev–Trinajstić information content (AvgIpc) is 3.17. The number of aromatic nitrogens is 3. The zero-order valence-corrected chi connectivity index (χ0v) is 15.8. The van der Waals surface area contributed by atoms with Gasteiger partial charge in [0, 0.05) is 11.6 Å². The maximum Gasteiger partial charge on any atom is 0.237 e. The lowest BCUT2D eigenvalue weighted by Crippen LogP contribution is -2.22. The Morgan fingerprint density at radius 2 is 1.93 bits per heavy atom. The highest BCUT2D eigenvalue weighted by molar-refractivity contribution is 8.00. The Kier molecular flexibility index (Phi) is 5.08. The van der Waals surface area contributed by atoms with Crippen LogP contribution in [0.5, 0.6) is 0 Å². The highest BCUT2D eigenvalue weighted by atomic mass is 32.2. The molecule has 0 saturated heterocycles. The number of hydrogen-bond donors (Lipinski definition) is 2. The molecule has 1 amide bonds. The summed E-state index contributed by atoms with van der Waals surface area (Å²) in [7, 11) is 0. The lowest BCUT2D eigenvalue weighted by molar-refractivity contribution is -0.115. The van der Waals surface area contributed by atoms with Crippen molar-refractivity contribution >= 4 is 34.3 Å². The summed E-state index contributed by atoms with van der Waals surface area (Å²) in [5.74, 6) is -0.409. The van der Waals surface area contributed by atoms with Crippen molar-refractivity contribution in [1.29, 1.82) is 0 Å². The smallest absolute Gasteiger partial charge is 0.237 e. The molecule has 0 aliphatic rings. The highest BCUT2D eigenvalue weighted by Gasteiger charge is 2.17. The summed E-state index contributed by atoms with van der Waals surface area (Å²) in [4.78, 5) is 24.4. The highest BCUT2D eigenvalue weighted by Crippen LogP contribution is 2.27. The number of benzene rings is 2. The number of aromatic amines is 1. The van der Waals surface area contributed by atoms with Gasteiger partial charge >= 0.3 is 0 Å². The van der Waals surface area contributed by atoms with Crippen LogP contribution in [0.3, 0.4) is 0 Å². The molecule has 0 bridgehead atoms. The number of thioether (sulfide) groups is 1. The zero-order chi connectivity index (χ0) is 19.5. The molecule has 1 unspecified atom stereocenters. The quantitative estimate of drug-likeness (QED) is 0.475. The minimum atomic E-state index is -0.362. The van der Waals surface area contributed by atoms with Gasteiger partial charge in [0.05, 0.1) is 28.3 Å². The van der Waals surface area contributed by atoms with E-state index in [-0.39, 0.29) is 17.0 Å². The number of rotatable bonds is 5. The molecular weight excluding hydrogens is 375 g/mol. The van der Waals surface area contributed by atoms with Gasteiger partial charge in [-0.1, -0.05) is 17.8 Å². The second-order valence-electron chi connectivity index (χ2n) is 6.23. The first kappa shape index (κ1) is 18.2. The zero-order valence-electron chi connectivity index (χ0n) is 15.0. The van der Waals surface area contributed by atoms with Gasteiger partial charge in [0.15, 0.2) is 5.16 Å². The van der Waals surface area contributed by atoms with Gasteiger partial charge in [0.1, 0.15) is 5.82 Å². The fourth-order valence-corrected chi connectivity index (χ4v) is 3.59. The van der Waals surface area contributed by atoms with Gasteiger partial charge in [0.25, 0.3) is 0 Å². The van der Waals surface area contributed by atoms with Crippen LogP contribution in [0.25, 0.3) is 22.2 Å². The first-order chi connectivity index (χ1) is 13.6. The number of amides is 1. The Morgan fingerprint density at radius 1 is 1.11 bits per heavy atom. The van der Waals surface area contributed by atoms with E-state index in [9.17, 15) is 9.18 Å². The van der Waals surface area contributed by atoms with Gasteiger partial charge in [-0.3, -0.25) is 9.78 Å². The molecule has 0 spiro atoms. The maximum atomic E-state index is 13.1. The predicted octanol–water partition coefficient (Wildman–Crippen LogP) is 4.88. The Bertz CT molecular complexity index is 1120. The topological polar surface area (TPSA) is 70.7 Å².